The third kappa shape index (κ3) is 3.35. The van der Waals surface area contributed by atoms with Gasteiger partial charge >= 0.3 is 6.03 Å². The van der Waals surface area contributed by atoms with Crippen molar-refractivity contribution in [3.8, 4) is 0 Å². The minimum atomic E-state index is -0.0240. The number of carbonyl (C=O) groups excluding carboxylic acids is 2. The second-order valence-electron chi connectivity index (χ2n) is 5.71. The lowest BCUT2D eigenvalue weighted by Crippen LogP contribution is -2.36. The van der Waals surface area contributed by atoms with Crippen molar-refractivity contribution in [3.05, 3.63) is 0 Å². The second-order valence-corrected chi connectivity index (χ2v) is 6.98. The average molecular weight is 283 g/mol. The van der Waals surface area contributed by atoms with E-state index in [0.29, 0.717) is 23.8 Å². The Morgan fingerprint density at radius 2 is 2.16 bits per heavy atom. The summed E-state index contributed by atoms with van der Waals surface area (Å²) in [6, 6.07) is 1.04. The molecule has 0 aromatic heterocycles. The molecule has 0 spiro atoms. The number of amides is 3. The van der Waals surface area contributed by atoms with E-state index in [9.17, 15) is 9.59 Å². The van der Waals surface area contributed by atoms with Gasteiger partial charge in [-0.1, -0.05) is 6.42 Å². The molecule has 0 unspecified atom stereocenters. The van der Waals surface area contributed by atoms with Gasteiger partial charge in [0.2, 0.25) is 5.91 Å². The number of carbonyl (C=O) groups is 2. The maximum absolute atomic E-state index is 11.5. The van der Waals surface area contributed by atoms with Crippen molar-refractivity contribution in [2.24, 2.45) is 0 Å². The largest absolute Gasteiger partial charge is 0.353 e. The number of thioether (sulfide) groups is 1. The Morgan fingerprint density at radius 3 is 2.95 bits per heavy atom. The van der Waals surface area contributed by atoms with Crippen LogP contribution in [0, 0.1) is 0 Å². The van der Waals surface area contributed by atoms with Gasteiger partial charge in [-0.05, 0) is 25.7 Å². The molecule has 3 atom stereocenters. The van der Waals surface area contributed by atoms with Gasteiger partial charge in [-0.15, -0.1) is 0 Å². The quantitative estimate of drug-likeness (QED) is 0.503. The molecule has 2 heterocycles. The zero-order valence-electron chi connectivity index (χ0n) is 11.0. The second kappa shape index (κ2) is 5.61. The Hall–Kier alpha value is -0.910. The number of rotatable bonds is 6. The van der Waals surface area contributed by atoms with E-state index in [2.05, 4.69) is 16.0 Å². The lowest BCUT2D eigenvalue weighted by Gasteiger charge is -2.16. The third-order valence-electron chi connectivity index (χ3n) is 4.02. The summed E-state index contributed by atoms with van der Waals surface area (Å²) in [6.45, 7) is 0. The fraction of sp³-hybridized carbons (Fsp3) is 0.846. The van der Waals surface area contributed by atoms with Crippen LogP contribution in [0.4, 0.5) is 4.79 Å². The van der Waals surface area contributed by atoms with Gasteiger partial charge < -0.3 is 16.0 Å². The maximum Gasteiger partial charge on any atom is 0.315 e. The van der Waals surface area contributed by atoms with Gasteiger partial charge in [0, 0.05) is 23.5 Å². The molecule has 6 heteroatoms. The molecular weight excluding hydrogens is 262 g/mol. The molecule has 2 aliphatic heterocycles. The monoisotopic (exact) mass is 283 g/mol. The first-order valence-corrected chi connectivity index (χ1v) is 8.25. The van der Waals surface area contributed by atoms with Gasteiger partial charge in [-0.25, -0.2) is 4.79 Å². The Morgan fingerprint density at radius 1 is 1.32 bits per heavy atom. The van der Waals surface area contributed by atoms with Crippen LogP contribution < -0.4 is 16.0 Å². The first-order valence-electron chi connectivity index (χ1n) is 7.20. The van der Waals surface area contributed by atoms with Crippen LogP contribution in [0.2, 0.25) is 0 Å². The highest BCUT2D eigenvalue weighted by atomic mass is 32.2. The predicted octanol–water partition coefficient (Wildman–Crippen LogP) is 0.991. The van der Waals surface area contributed by atoms with Crippen molar-refractivity contribution >= 4 is 23.7 Å². The summed E-state index contributed by atoms with van der Waals surface area (Å²) in [5, 5.41) is 9.47. The predicted molar refractivity (Wildman–Crippen MR) is 75.1 cm³/mol. The average Bonchev–Trinajstić information content (AvgIpc) is 2.98. The number of hydrogen-bond acceptors (Lipinski definition) is 3. The Balaban J connectivity index is 1.31. The van der Waals surface area contributed by atoms with Crippen LogP contribution in [0.25, 0.3) is 0 Å². The Kier molecular flexibility index (Phi) is 3.86. The number of unbranched alkanes of at least 4 members (excludes halogenated alkanes) is 1. The van der Waals surface area contributed by atoms with E-state index < -0.39 is 0 Å². The first kappa shape index (κ1) is 13.1. The highest BCUT2D eigenvalue weighted by Gasteiger charge is 2.42. The molecule has 0 radical (unpaired) electrons. The molecule has 3 rings (SSSR count). The molecule has 3 N–H and O–H groups in total. The molecular formula is C13H21N3O2S. The van der Waals surface area contributed by atoms with Crippen LogP contribution >= 0.6 is 11.8 Å². The molecule has 1 aliphatic carbocycles. The summed E-state index contributed by atoms with van der Waals surface area (Å²) in [7, 11) is 0. The summed E-state index contributed by atoms with van der Waals surface area (Å²) < 4.78 is 0. The topological polar surface area (TPSA) is 70.2 Å². The van der Waals surface area contributed by atoms with Crippen molar-refractivity contribution in [1.82, 2.24) is 16.0 Å². The number of urea groups is 1. The molecule has 1 saturated carbocycles. The van der Waals surface area contributed by atoms with E-state index in [1.54, 1.807) is 0 Å². The van der Waals surface area contributed by atoms with Gasteiger partial charge in [0.1, 0.15) is 0 Å². The summed E-state index contributed by atoms with van der Waals surface area (Å²) in [6.07, 6.45) is 6.06. The number of nitrogens with one attached hydrogen (secondary N) is 3. The van der Waals surface area contributed by atoms with Crippen LogP contribution in [0.15, 0.2) is 0 Å². The number of hydrogen-bond donors (Lipinski definition) is 3. The van der Waals surface area contributed by atoms with Gasteiger partial charge in [-0.2, -0.15) is 11.8 Å². The van der Waals surface area contributed by atoms with Crippen molar-refractivity contribution in [3.63, 3.8) is 0 Å². The summed E-state index contributed by atoms with van der Waals surface area (Å²) in [5.41, 5.74) is 0. The number of fused-ring (bicyclic) bond motifs is 1. The van der Waals surface area contributed by atoms with E-state index in [1.807, 2.05) is 11.8 Å². The molecule has 3 amide bonds. The SMILES string of the molecule is O=C(CCCC[C@@H]1SC[C@H]2NC(=O)N[C@@H]12)NC1CC1. The van der Waals surface area contributed by atoms with Gasteiger partial charge in [0.25, 0.3) is 0 Å². The van der Waals surface area contributed by atoms with Crippen molar-refractivity contribution in [2.75, 3.05) is 5.75 Å². The van der Waals surface area contributed by atoms with Gasteiger partial charge in [0.05, 0.1) is 12.1 Å². The lowest BCUT2D eigenvalue weighted by atomic mass is 10.0. The lowest BCUT2D eigenvalue weighted by molar-refractivity contribution is -0.121. The third-order valence-corrected chi connectivity index (χ3v) is 5.53. The van der Waals surface area contributed by atoms with E-state index in [0.717, 1.165) is 37.9 Å². The van der Waals surface area contributed by atoms with E-state index in [-0.39, 0.29) is 18.0 Å². The molecule has 0 bridgehead atoms. The molecule has 0 aromatic carbocycles. The minimum absolute atomic E-state index is 0.0240. The zero-order chi connectivity index (χ0) is 13.2. The maximum atomic E-state index is 11.5. The van der Waals surface area contributed by atoms with Gasteiger partial charge in [-0.3, -0.25) is 4.79 Å². The summed E-state index contributed by atoms with van der Waals surface area (Å²) >= 11 is 1.94. The zero-order valence-corrected chi connectivity index (χ0v) is 11.8. The van der Waals surface area contributed by atoms with Crippen LogP contribution in [0.3, 0.4) is 0 Å². The van der Waals surface area contributed by atoms with Crippen molar-refractivity contribution in [1.29, 1.82) is 0 Å². The van der Waals surface area contributed by atoms with Gasteiger partial charge in [0.15, 0.2) is 0 Å². The van der Waals surface area contributed by atoms with E-state index >= 15 is 0 Å². The highest BCUT2D eigenvalue weighted by molar-refractivity contribution is 8.00. The Bertz CT molecular complexity index is 373. The summed E-state index contributed by atoms with van der Waals surface area (Å²) in [4.78, 5) is 22.8. The molecule has 2 saturated heterocycles. The molecule has 0 aromatic rings. The molecule has 3 fully saturated rings. The van der Waals surface area contributed by atoms with E-state index in [4.69, 9.17) is 0 Å². The first-order chi connectivity index (χ1) is 9.22. The smallest absolute Gasteiger partial charge is 0.315 e. The fourth-order valence-corrected chi connectivity index (χ4v) is 4.35. The minimum Gasteiger partial charge on any atom is -0.353 e. The van der Waals surface area contributed by atoms with Crippen molar-refractivity contribution in [2.45, 2.75) is 61.9 Å². The van der Waals surface area contributed by atoms with Crippen LogP contribution in [0.5, 0.6) is 0 Å². The standard InChI is InChI=1S/C13H21N3O2S/c17-11(14-8-5-6-8)4-2-1-3-10-12-9(7-19-10)15-13(18)16-12/h8-10,12H,1-7H2,(H,14,17)(H2,15,16,18)/t9-,10+,12-/m1/s1. The molecule has 5 nitrogen and oxygen atoms in total. The van der Waals surface area contributed by atoms with E-state index in [1.165, 1.54) is 0 Å². The fourth-order valence-electron chi connectivity index (χ4n) is 2.80. The molecule has 19 heavy (non-hydrogen) atoms. The van der Waals surface area contributed by atoms with Crippen molar-refractivity contribution < 1.29 is 9.59 Å². The normalized spacial score (nSPS) is 32.6. The molecule has 3 aliphatic rings. The van der Waals surface area contributed by atoms with Crippen LogP contribution in [0.1, 0.15) is 38.5 Å². The summed E-state index contributed by atoms with van der Waals surface area (Å²) in [5.74, 6) is 1.21. The van der Waals surface area contributed by atoms with Crippen LogP contribution in [-0.2, 0) is 4.79 Å². The molecule has 106 valence electrons. The van der Waals surface area contributed by atoms with Crippen LogP contribution in [-0.4, -0.2) is 41.1 Å². The highest BCUT2D eigenvalue weighted by Crippen LogP contribution is 2.33. The Labute approximate surface area is 117 Å².